The fourth-order valence-corrected chi connectivity index (χ4v) is 1.73. The first kappa shape index (κ1) is 14.7. The maximum atomic E-state index is 12.2. The molecule has 1 N–H and O–H groups in total. The Labute approximate surface area is 123 Å². The lowest BCUT2D eigenvalue weighted by molar-refractivity contribution is -0.124. The van der Waals surface area contributed by atoms with Gasteiger partial charge >= 0.3 is 6.04 Å². The van der Waals surface area contributed by atoms with Gasteiger partial charge in [-0.3, -0.25) is 9.79 Å². The summed E-state index contributed by atoms with van der Waals surface area (Å²) in [5.41, 5.74) is 3.21. The van der Waals surface area contributed by atoms with Gasteiger partial charge in [0.15, 0.2) is 0 Å². The topological polar surface area (TPSA) is 44.7 Å². The standard InChI is InChI=1S/C16H16FN3O/c1-20(2)15-7-4-12(5-8-15)3-6-13-10-19-14(11-18-13)9-16(17)21/h3-11,19H,1-2H3/b6-3+,14-9+. The number of nitrogens with one attached hydrogen (secondary N) is 1. The van der Waals surface area contributed by atoms with E-state index < -0.39 is 6.04 Å². The van der Waals surface area contributed by atoms with E-state index in [-0.39, 0.29) is 0 Å². The van der Waals surface area contributed by atoms with E-state index in [1.807, 2.05) is 55.4 Å². The minimum absolute atomic E-state index is 0.329. The molecule has 4 nitrogen and oxygen atoms in total. The maximum absolute atomic E-state index is 12.2. The highest BCUT2D eigenvalue weighted by Crippen LogP contribution is 2.14. The van der Waals surface area contributed by atoms with Gasteiger partial charge in [-0.15, -0.1) is 0 Å². The molecule has 1 aliphatic heterocycles. The van der Waals surface area contributed by atoms with Crippen molar-refractivity contribution in [2.75, 3.05) is 19.0 Å². The number of aliphatic imine (C=N–C) groups is 1. The normalized spacial score (nSPS) is 16.0. The number of carbonyl (C=O) groups is 1. The van der Waals surface area contributed by atoms with Crippen molar-refractivity contribution in [1.29, 1.82) is 0 Å². The highest BCUT2D eigenvalue weighted by molar-refractivity contribution is 5.91. The molecule has 0 aliphatic carbocycles. The van der Waals surface area contributed by atoms with Gasteiger partial charge in [-0.25, -0.2) is 0 Å². The molecule has 0 unspecified atom stereocenters. The van der Waals surface area contributed by atoms with Crippen molar-refractivity contribution in [3.8, 4) is 0 Å². The molecular weight excluding hydrogens is 269 g/mol. The average molecular weight is 285 g/mol. The van der Waals surface area contributed by atoms with Gasteiger partial charge in [0.25, 0.3) is 0 Å². The predicted octanol–water partition coefficient (Wildman–Crippen LogP) is 2.66. The van der Waals surface area contributed by atoms with E-state index in [4.69, 9.17) is 0 Å². The van der Waals surface area contributed by atoms with E-state index in [1.165, 1.54) is 6.21 Å². The number of nitrogens with zero attached hydrogens (tertiary/aromatic N) is 2. The molecule has 0 bridgehead atoms. The van der Waals surface area contributed by atoms with E-state index in [9.17, 15) is 9.18 Å². The molecule has 0 spiro atoms. The summed E-state index contributed by atoms with van der Waals surface area (Å²) in [6.07, 6.45) is 7.63. The Morgan fingerprint density at radius 1 is 1.24 bits per heavy atom. The molecule has 1 aliphatic rings. The number of benzene rings is 1. The van der Waals surface area contributed by atoms with Crippen molar-refractivity contribution in [2.24, 2.45) is 4.99 Å². The SMILES string of the molecule is CN(C)c1ccc(/C=C/C2=CN/C(=C/C(=O)F)C=N2)cc1. The second kappa shape index (κ2) is 6.65. The van der Waals surface area contributed by atoms with Crippen molar-refractivity contribution >= 4 is 24.0 Å². The Morgan fingerprint density at radius 2 is 1.95 bits per heavy atom. The lowest BCUT2D eigenvalue weighted by Crippen LogP contribution is -2.12. The van der Waals surface area contributed by atoms with Crippen LogP contribution in [-0.4, -0.2) is 26.3 Å². The van der Waals surface area contributed by atoms with Crippen LogP contribution in [0.4, 0.5) is 10.1 Å². The molecular formula is C16H16FN3O. The molecule has 0 fully saturated rings. The molecule has 21 heavy (non-hydrogen) atoms. The van der Waals surface area contributed by atoms with Crippen molar-refractivity contribution in [3.63, 3.8) is 0 Å². The smallest absolute Gasteiger partial charge is 0.327 e. The van der Waals surface area contributed by atoms with Gasteiger partial charge in [-0.2, -0.15) is 4.39 Å². The lowest BCUT2D eigenvalue weighted by atomic mass is 10.2. The second-order valence-electron chi connectivity index (χ2n) is 4.69. The Balaban J connectivity index is 2.01. The van der Waals surface area contributed by atoms with Gasteiger partial charge in [0.1, 0.15) is 0 Å². The number of hydrogen-bond donors (Lipinski definition) is 1. The van der Waals surface area contributed by atoms with E-state index in [0.29, 0.717) is 11.4 Å². The van der Waals surface area contributed by atoms with Crippen LogP contribution in [0.5, 0.6) is 0 Å². The lowest BCUT2D eigenvalue weighted by Gasteiger charge is -2.11. The van der Waals surface area contributed by atoms with Crippen LogP contribution in [0.25, 0.3) is 6.08 Å². The van der Waals surface area contributed by atoms with Crippen LogP contribution in [0.1, 0.15) is 5.56 Å². The molecule has 0 saturated carbocycles. The third-order valence-corrected chi connectivity index (χ3v) is 2.86. The van der Waals surface area contributed by atoms with E-state index in [0.717, 1.165) is 17.3 Å². The monoisotopic (exact) mass is 285 g/mol. The molecule has 1 aromatic rings. The van der Waals surface area contributed by atoms with Crippen LogP contribution in [0.15, 0.2) is 59.0 Å². The Kier molecular flexibility index (Phi) is 4.66. The highest BCUT2D eigenvalue weighted by Gasteiger charge is 2.01. The average Bonchev–Trinajstić information content (AvgIpc) is 2.46. The first-order valence-corrected chi connectivity index (χ1v) is 6.42. The highest BCUT2D eigenvalue weighted by atomic mass is 19.1. The molecule has 0 amide bonds. The van der Waals surface area contributed by atoms with E-state index in [1.54, 1.807) is 6.20 Å². The number of allylic oxidation sites excluding steroid dienone is 3. The molecule has 1 aromatic carbocycles. The van der Waals surface area contributed by atoms with Gasteiger partial charge in [0.2, 0.25) is 0 Å². The number of anilines is 1. The van der Waals surface area contributed by atoms with Gasteiger partial charge in [-0.05, 0) is 23.8 Å². The summed E-state index contributed by atoms with van der Waals surface area (Å²) >= 11 is 0. The summed E-state index contributed by atoms with van der Waals surface area (Å²) in [7, 11) is 3.98. The van der Waals surface area contributed by atoms with Crippen molar-refractivity contribution in [2.45, 2.75) is 0 Å². The summed E-state index contributed by atoms with van der Waals surface area (Å²) in [6, 6.07) is 6.59. The molecule has 5 heteroatoms. The predicted molar refractivity (Wildman–Crippen MR) is 83.7 cm³/mol. The molecule has 0 radical (unpaired) electrons. The Morgan fingerprint density at radius 3 is 2.48 bits per heavy atom. The Bertz CT molecular complexity index is 640. The van der Waals surface area contributed by atoms with Crippen LogP contribution in [0, 0.1) is 0 Å². The summed E-state index contributed by atoms with van der Waals surface area (Å²) in [4.78, 5) is 16.4. The van der Waals surface area contributed by atoms with Crippen LogP contribution in [0.3, 0.4) is 0 Å². The first-order chi connectivity index (χ1) is 10.0. The van der Waals surface area contributed by atoms with Crippen molar-refractivity contribution in [3.05, 3.63) is 59.6 Å². The molecule has 0 atom stereocenters. The second-order valence-corrected chi connectivity index (χ2v) is 4.69. The quantitative estimate of drug-likeness (QED) is 0.683. The molecule has 2 rings (SSSR count). The zero-order valence-corrected chi connectivity index (χ0v) is 11.9. The third kappa shape index (κ3) is 4.42. The fourth-order valence-electron chi connectivity index (χ4n) is 1.73. The third-order valence-electron chi connectivity index (χ3n) is 2.86. The largest absolute Gasteiger partial charge is 0.378 e. The Hall–Kier alpha value is -2.69. The summed E-state index contributed by atoms with van der Waals surface area (Å²) in [5.74, 6) is 0. The van der Waals surface area contributed by atoms with E-state index in [2.05, 4.69) is 10.3 Å². The van der Waals surface area contributed by atoms with E-state index >= 15 is 0 Å². The van der Waals surface area contributed by atoms with Crippen LogP contribution in [-0.2, 0) is 4.79 Å². The summed E-state index contributed by atoms with van der Waals surface area (Å²) in [6.45, 7) is 0. The number of hydrogen-bond acceptors (Lipinski definition) is 4. The van der Waals surface area contributed by atoms with Crippen molar-refractivity contribution in [1.82, 2.24) is 5.32 Å². The van der Waals surface area contributed by atoms with Crippen LogP contribution in [0.2, 0.25) is 0 Å². The number of rotatable bonds is 4. The van der Waals surface area contributed by atoms with Crippen LogP contribution < -0.4 is 10.2 Å². The number of carbonyl (C=O) groups excluding carboxylic acids is 1. The van der Waals surface area contributed by atoms with Gasteiger partial charge in [0, 0.05) is 32.1 Å². The minimum atomic E-state index is -1.50. The fraction of sp³-hybridized carbons (Fsp3) is 0.125. The van der Waals surface area contributed by atoms with Gasteiger partial charge in [0.05, 0.1) is 17.6 Å². The molecule has 0 saturated heterocycles. The molecule has 1 heterocycles. The first-order valence-electron chi connectivity index (χ1n) is 6.42. The summed E-state index contributed by atoms with van der Waals surface area (Å²) < 4.78 is 12.2. The molecule has 0 aromatic heterocycles. The number of halogens is 1. The zero-order valence-electron chi connectivity index (χ0n) is 11.9. The zero-order chi connectivity index (χ0) is 15.2. The van der Waals surface area contributed by atoms with Gasteiger partial charge in [-0.1, -0.05) is 18.2 Å². The van der Waals surface area contributed by atoms with Crippen molar-refractivity contribution < 1.29 is 9.18 Å². The summed E-state index contributed by atoms with van der Waals surface area (Å²) in [5, 5.41) is 2.79. The molecule has 108 valence electrons. The minimum Gasteiger partial charge on any atom is -0.378 e. The van der Waals surface area contributed by atoms with Gasteiger partial charge < -0.3 is 10.2 Å². The maximum Gasteiger partial charge on any atom is 0.327 e. The van der Waals surface area contributed by atoms with Crippen LogP contribution >= 0.6 is 0 Å².